The highest BCUT2D eigenvalue weighted by molar-refractivity contribution is 5.76. The molecular formula is C16H21NO2. The van der Waals surface area contributed by atoms with E-state index >= 15 is 0 Å². The minimum Gasteiger partial charge on any atom is -0.375 e. The number of ether oxygens (including phenoxy) is 1. The van der Waals surface area contributed by atoms with Crippen LogP contribution in [0.1, 0.15) is 30.9 Å². The summed E-state index contributed by atoms with van der Waals surface area (Å²) in [7, 11) is 1.67. The number of allylic oxidation sites excluding steroid dienone is 2. The Labute approximate surface area is 114 Å². The van der Waals surface area contributed by atoms with Crippen LogP contribution in [0.4, 0.5) is 0 Å². The summed E-state index contributed by atoms with van der Waals surface area (Å²) in [6.07, 6.45) is 7.00. The topological polar surface area (TPSA) is 38.3 Å². The Morgan fingerprint density at radius 1 is 1.42 bits per heavy atom. The normalized spacial score (nSPS) is 19.3. The molecule has 102 valence electrons. The molecule has 0 spiro atoms. The standard InChI is InChI=1S/C16H21NO2/c1-19-15(14-9-3-2-4-10-14)12-17-16(18)11-13-7-5-6-8-13/h2-5,7,9-10,13,15H,6,8,11-12H2,1H3,(H,17,18)/t13-,15+/m1/s1. The van der Waals surface area contributed by atoms with Crippen LogP contribution in [-0.2, 0) is 9.53 Å². The first kappa shape index (κ1) is 13.8. The van der Waals surface area contributed by atoms with Gasteiger partial charge in [-0.1, -0.05) is 42.5 Å². The van der Waals surface area contributed by atoms with Crippen molar-refractivity contribution >= 4 is 5.91 Å². The molecule has 0 heterocycles. The Hall–Kier alpha value is -1.61. The van der Waals surface area contributed by atoms with Crippen molar-refractivity contribution in [2.75, 3.05) is 13.7 Å². The Bertz CT molecular complexity index is 428. The molecule has 0 aliphatic heterocycles. The van der Waals surface area contributed by atoms with Gasteiger partial charge in [0.25, 0.3) is 0 Å². The molecule has 3 heteroatoms. The van der Waals surface area contributed by atoms with Crippen LogP contribution in [-0.4, -0.2) is 19.6 Å². The van der Waals surface area contributed by atoms with E-state index in [2.05, 4.69) is 17.5 Å². The van der Waals surface area contributed by atoms with Crippen molar-refractivity contribution in [1.82, 2.24) is 5.32 Å². The van der Waals surface area contributed by atoms with Crippen molar-refractivity contribution in [2.24, 2.45) is 5.92 Å². The molecule has 0 saturated heterocycles. The Balaban J connectivity index is 1.79. The molecule has 0 aromatic heterocycles. The zero-order chi connectivity index (χ0) is 13.5. The molecular weight excluding hydrogens is 238 g/mol. The summed E-state index contributed by atoms with van der Waals surface area (Å²) < 4.78 is 5.43. The van der Waals surface area contributed by atoms with E-state index in [4.69, 9.17) is 4.74 Å². The van der Waals surface area contributed by atoms with Gasteiger partial charge < -0.3 is 10.1 Å². The van der Waals surface area contributed by atoms with Gasteiger partial charge in [-0.2, -0.15) is 0 Å². The van der Waals surface area contributed by atoms with E-state index in [9.17, 15) is 4.79 Å². The van der Waals surface area contributed by atoms with E-state index in [1.165, 1.54) is 0 Å². The molecule has 1 aromatic rings. The first-order valence-corrected chi connectivity index (χ1v) is 6.80. The van der Waals surface area contributed by atoms with Crippen LogP contribution in [0.3, 0.4) is 0 Å². The maximum atomic E-state index is 11.9. The molecule has 1 N–H and O–H groups in total. The van der Waals surface area contributed by atoms with Crippen molar-refractivity contribution in [1.29, 1.82) is 0 Å². The van der Waals surface area contributed by atoms with Crippen LogP contribution in [0.15, 0.2) is 42.5 Å². The summed E-state index contributed by atoms with van der Waals surface area (Å²) in [6, 6.07) is 9.96. The van der Waals surface area contributed by atoms with E-state index in [0.29, 0.717) is 18.9 Å². The summed E-state index contributed by atoms with van der Waals surface area (Å²) in [4.78, 5) is 11.9. The van der Waals surface area contributed by atoms with E-state index in [-0.39, 0.29) is 12.0 Å². The van der Waals surface area contributed by atoms with Crippen LogP contribution in [0.25, 0.3) is 0 Å². The lowest BCUT2D eigenvalue weighted by atomic mass is 10.0. The molecule has 2 atom stereocenters. The molecule has 1 aliphatic carbocycles. The van der Waals surface area contributed by atoms with E-state index in [0.717, 1.165) is 18.4 Å². The first-order valence-electron chi connectivity index (χ1n) is 6.80. The van der Waals surface area contributed by atoms with E-state index in [1.807, 2.05) is 30.3 Å². The van der Waals surface area contributed by atoms with Gasteiger partial charge in [0.15, 0.2) is 0 Å². The Morgan fingerprint density at radius 3 is 2.84 bits per heavy atom. The predicted octanol–water partition coefficient (Wildman–Crippen LogP) is 2.85. The van der Waals surface area contributed by atoms with Crippen molar-refractivity contribution in [3.8, 4) is 0 Å². The smallest absolute Gasteiger partial charge is 0.220 e. The van der Waals surface area contributed by atoms with Crippen LogP contribution < -0.4 is 5.32 Å². The summed E-state index contributed by atoms with van der Waals surface area (Å²) in [5, 5.41) is 2.96. The number of methoxy groups -OCH3 is 1. The number of rotatable bonds is 6. The maximum absolute atomic E-state index is 11.9. The van der Waals surface area contributed by atoms with Crippen molar-refractivity contribution in [2.45, 2.75) is 25.4 Å². The van der Waals surface area contributed by atoms with Gasteiger partial charge in [0.1, 0.15) is 0 Å². The fraction of sp³-hybridized carbons (Fsp3) is 0.438. The van der Waals surface area contributed by atoms with Gasteiger partial charge in [0, 0.05) is 20.1 Å². The summed E-state index contributed by atoms with van der Waals surface area (Å²) in [6.45, 7) is 0.524. The first-order chi connectivity index (χ1) is 9.29. The molecule has 0 fully saturated rings. The highest BCUT2D eigenvalue weighted by Gasteiger charge is 2.16. The summed E-state index contributed by atoms with van der Waals surface area (Å²) >= 11 is 0. The van der Waals surface area contributed by atoms with Gasteiger partial charge in [-0.25, -0.2) is 0 Å². The number of benzene rings is 1. The molecule has 19 heavy (non-hydrogen) atoms. The van der Waals surface area contributed by atoms with Gasteiger partial charge in [-0.3, -0.25) is 4.79 Å². The van der Waals surface area contributed by atoms with Crippen LogP contribution in [0.5, 0.6) is 0 Å². The Morgan fingerprint density at radius 2 is 2.21 bits per heavy atom. The van der Waals surface area contributed by atoms with Crippen molar-refractivity contribution in [3.05, 3.63) is 48.0 Å². The van der Waals surface area contributed by atoms with Crippen molar-refractivity contribution < 1.29 is 9.53 Å². The number of carbonyl (C=O) groups excluding carboxylic acids is 1. The minimum atomic E-state index is -0.0794. The lowest BCUT2D eigenvalue weighted by molar-refractivity contribution is -0.122. The van der Waals surface area contributed by atoms with E-state index in [1.54, 1.807) is 7.11 Å². The molecule has 0 unspecified atom stereocenters. The number of hydrogen-bond donors (Lipinski definition) is 1. The number of carbonyl (C=O) groups is 1. The maximum Gasteiger partial charge on any atom is 0.220 e. The van der Waals surface area contributed by atoms with Crippen molar-refractivity contribution in [3.63, 3.8) is 0 Å². The second-order valence-electron chi connectivity index (χ2n) is 4.91. The summed E-state index contributed by atoms with van der Waals surface area (Å²) in [5.74, 6) is 0.521. The van der Waals surface area contributed by atoms with Gasteiger partial charge in [0.2, 0.25) is 5.91 Å². The third-order valence-corrected chi connectivity index (χ3v) is 3.50. The SMILES string of the molecule is CO[C@@H](CNC(=O)C[C@@H]1C=CCC1)c1ccccc1. The molecule has 3 nitrogen and oxygen atoms in total. The monoisotopic (exact) mass is 259 g/mol. The number of hydrogen-bond acceptors (Lipinski definition) is 2. The third kappa shape index (κ3) is 4.21. The van der Waals surface area contributed by atoms with E-state index < -0.39 is 0 Å². The zero-order valence-electron chi connectivity index (χ0n) is 11.3. The lowest BCUT2D eigenvalue weighted by Gasteiger charge is -2.17. The molecule has 2 rings (SSSR count). The lowest BCUT2D eigenvalue weighted by Crippen LogP contribution is -2.30. The second-order valence-corrected chi connectivity index (χ2v) is 4.91. The Kier molecular flexibility index (Phi) is 5.16. The minimum absolute atomic E-state index is 0.0794. The molecule has 0 bridgehead atoms. The number of nitrogens with one attached hydrogen (secondary N) is 1. The van der Waals surface area contributed by atoms with Gasteiger partial charge in [-0.15, -0.1) is 0 Å². The quantitative estimate of drug-likeness (QED) is 0.798. The van der Waals surface area contributed by atoms with Gasteiger partial charge in [0.05, 0.1) is 6.10 Å². The van der Waals surface area contributed by atoms with Gasteiger partial charge in [-0.05, 0) is 24.3 Å². The highest BCUT2D eigenvalue weighted by atomic mass is 16.5. The average molecular weight is 259 g/mol. The fourth-order valence-corrected chi connectivity index (χ4v) is 2.39. The molecule has 1 amide bonds. The average Bonchev–Trinajstić information content (AvgIpc) is 2.93. The van der Waals surface area contributed by atoms with Crippen LogP contribution >= 0.6 is 0 Å². The fourth-order valence-electron chi connectivity index (χ4n) is 2.39. The molecule has 1 aliphatic rings. The molecule has 1 aromatic carbocycles. The summed E-state index contributed by atoms with van der Waals surface area (Å²) in [5.41, 5.74) is 1.09. The second kappa shape index (κ2) is 7.10. The van der Waals surface area contributed by atoms with Crippen LogP contribution in [0.2, 0.25) is 0 Å². The van der Waals surface area contributed by atoms with Gasteiger partial charge >= 0.3 is 0 Å². The largest absolute Gasteiger partial charge is 0.375 e. The molecule has 0 radical (unpaired) electrons. The third-order valence-electron chi connectivity index (χ3n) is 3.50. The molecule has 0 saturated carbocycles. The van der Waals surface area contributed by atoms with Crippen LogP contribution in [0, 0.1) is 5.92 Å². The number of amides is 1. The predicted molar refractivity (Wildman–Crippen MR) is 75.7 cm³/mol. The highest BCUT2D eigenvalue weighted by Crippen LogP contribution is 2.20. The zero-order valence-corrected chi connectivity index (χ0v) is 11.3.